The summed E-state index contributed by atoms with van der Waals surface area (Å²) in [6, 6.07) is 103. The summed E-state index contributed by atoms with van der Waals surface area (Å²) in [6.45, 7) is 2.67. The molecule has 0 fully saturated rings. The third kappa shape index (κ3) is 18.7. The summed E-state index contributed by atoms with van der Waals surface area (Å²) in [5.74, 6) is -0.302. The SMILES string of the molecule is CC(C)([O-])c1ccc(-c2c3ccccc3c(-c3ccc(-c4ccccn4)c([O-])c3)c3ccccc23)cc1S(=O)(=O)[O-].O=S(=O)([O-])c1[c-]ccc(-c2c3ccccc3c(-c3ccccc3)c3ccccc23)c1.[Li+].[Li+].[Li+].[Li+].[Li+].[Li+].[Li+].[O-]c1cc(-c2c3ccccc3c(-c3ccc(-c4ccccn4)c([O-])c3)c3ccccc23)ccc1-c1ccccn1. The van der Waals surface area contributed by atoms with Crippen LogP contribution in [0.25, 0.3) is 165 Å². The molecule has 0 saturated carbocycles. The Kier molecular flexibility index (Phi) is 30.8. The van der Waals surface area contributed by atoms with Crippen LogP contribution in [0.2, 0.25) is 0 Å². The van der Waals surface area contributed by atoms with Gasteiger partial charge in [0.2, 0.25) is 0 Å². The first kappa shape index (κ1) is 92.6. The molecule has 18 rings (SSSR count). The summed E-state index contributed by atoms with van der Waals surface area (Å²) in [5.41, 5.74) is 12.0. The molecule has 0 radical (unpaired) electrons. The van der Waals surface area contributed by atoms with Gasteiger partial charge in [0.05, 0.1) is 22.0 Å². The van der Waals surface area contributed by atoms with Crippen LogP contribution in [-0.2, 0) is 25.8 Å². The average molecular weight is 1530 g/mol. The van der Waals surface area contributed by atoms with Crippen molar-refractivity contribution in [2.45, 2.75) is 29.2 Å². The van der Waals surface area contributed by atoms with E-state index in [1.54, 1.807) is 67.1 Å². The Morgan fingerprint density at radius 2 is 0.534 bits per heavy atom. The summed E-state index contributed by atoms with van der Waals surface area (Å²) < 4.78 is 71.6. The van der Waals surface area contributed by atoms with Gasteiger partial charge in [-0.3, -0.25) is 15.0 Å². The molecule has 0 N–H and O–H groups in total. The zero-order valence-electron chi connectivity index (χ0n) is 66.6. The van der Waals surface area contributed by atoms with Crippen LogP contribution in [0.4, 0.5) is 0 Å². The summed E-state index contributed by atoms with van der Waals surface area (Å²) >= 11 is 0. The van der Waals surface area contributed by atoms with E-state index >= 15 is 0 Å². The van der Waals surface area contributed by atoms with Crippen molar-refractivity contribution in [1.29, 1.82) is 0 Å². The molecule has 0 atom stereocenters. The fraction of sp³-hybridized carbons (Fsp3) is 0.0312. The molecule has 0 aliphatic heterocycles. The Balaban J connectivity index is 0.000000198. The van der Waals surface area contributed by atoms with Crippen molar-refractivity contribution in [2.24, 2.45) is 0 Å². The Bertz CT molecular complexity index is 6620. The molecule has 0 bridgehead atoms. The van der Waals surface area contributed by atoms with Gasteiger partial charge < -0.3 is 29.5 Å². The molecule has 0 aliphatic carbocycles. The van der Waals surface area contributed by atoms with E-state index in [0.717, 1.165) is 120 Å². The van der Waals surface area contributed by atoms with Gasteiger partial charge in [0.25, 0.3) is 0 Å². The third-order valence-corrected chi connectivity index (χ3v) is 21.7. The van der Waals surface area contributed by atoms with Gasteiger partial charge in [-0.15, -0.1) is 11.6 Å². The van der Waals surface area contributed by atoms with Gasteiger partial charge in [0.1, 0.15) is 20.2 Å². The fourth-order valence-electron chi connectivity index (χ4n) is 15.2. The zero-order valence-corrected chi connectivity index (χ0v) is 68.2. The number of hydrogen-bond donors (Lipinski definition) is 0. The van der Waals surface area contributed by atoms with Crippen LogP contribution in [0, 0.1) is 6.07 Å². The van der Waals surface area contributed by atoms with Crippen LogP contribution in [0.1, 0.15) is 19.4 Å². The minimum atomic E-state index is -4.93. The van der Waals surface area contributed by atoms with E-state index in [0.29, 0.717) is 44.9 Å². The molecule has 15 aromatic carbocycles. The first-order valence-corrected chi connectivity index (χ1v) is 38.4. The molecule has 118 heavy (non-hydrogen) atoms. The smallest absolute Gasteiger partial charge is 0.872 e. The summed E-state index contributed by atoms with van der Waals surface area (Å²) in [6.07, 6.45) is 5.04. The second kappa shape index (κ2) is 39.3. The number of fused-ring (bicyclic) bond motifs is 6. The van der Waals surface area contributed by atoms with Gasteiger partial charge >= 0.3 is 132 Å². The van der Waals surface area contributed by atoms with E-state index in [1.807, 2.05) is 200 Å². The molecule has 22 heteroatoms. The van der Waals surface area contributed by atoms with Crippen molar-refractivity contribution >= 4 is 84.9 Å². The van der Waals surface area contributed by atoms with Gasteiger partial charge in [-0.1, -0.05) is 302 Å². The summed E-state index contributed by atoms with van der Waals surface area (Å²) in [7, 11) is -9.52. The number of hydrogen-bond acceptors (Lipinski definition) is 13. The predicted octanol–water partition coefficient (Wildman–Crippen LogP) is -1.38. The third-order valence-electron chi connectivity index (χ3n) is 20.0. The first-order valence-electron chi connectivity index (χ1n) is 35.6. The quantitative estimate of drug-likeness (QED) is 0.0594. The standard InChI is InChI=1S/C36H24N2O2.C34H26NO5S.C26H17O3S.7Li/c39-33-21-23(15-17-29(33)31-13-5-7-19-37-31)35-25-9-1-2-10-26(25)36(28-12-4-3-11-27(28)35)24-16-18-30(34(40)22-24)32-14-6-8-20-38-32;1-34(2,37)28-17-15-22(20-31(28)41(38,39)40)33-25-11-5-3-9-23(25)32(24-10-4-6-12-26(24)33)21-14-16-27(30(36)19-21)29-13-7-8-18-35-29;27-30(28,29)20-12-8-11-19(17-20)26-23-15-6-4-13-21(23)25(18-9-2-1-3-10-18)22-14-5-7-16-24(22)26;;;;;;;/h1-22,39-40H;3-20,36H,1-2H3,(H,38,39,40);1-11,13-17H,(H,27,28,29);;;;;;;/q;2*-1;7*+1/p-5. The minimum absolute atomic E-state index is 0. The van der Waals surface area contributed by atoms with Crippen molar-refractivity contribution < 1.29 is 178 Å². The van der Waals surface area contributed by atoms with Gasteiger partial charge in [-0.05, 0) is 191 Å². The fourth-order valence-corrected chi connectivity index (χ4v) is 16.6. The number of nitrogens with zero attached hydrogens (tertiary/aromatic N) is 3. The van der Waals surface area contributed by atoms with Crippen LogP contribution in [0.15, 0.2) is 350 Å². The maximum Gasteiger partial charge on any atom is 1.00 e. The van der Waals surface area contributed by atoms with E-state index in [4.69, 9.17) is 0 Å². The summed E-state index contributed by atoms with van der Waals surface area (Å²) in [4.78, 5) is 12.2. The van der Waals surface area contributed by atoms with Crippen molar-refractivity contribution in [2.75, 3.05) is 0 Å². The first-order chi connectivity index (χ1) is 53.8. The minimum Gasteiger partial charge on any atom is -0.872 e. The van der Waals surface area contributed by atoms with Crippen LogP contribution < -0.4 is 152 Å². The monoisotopic (exact) mass is 1530 g/mol. The predicted molar refractivity (Wildman–Crippen MR) is 433 cm³/mol. The molecule has 0 unspecified atom stereocenters. The van der Waals surface area contributed by atoms with Crippen LogP contribution >= 0.6 is 0 Å². The molecular formula is C96H62Li7N3O10S2. The van der Waals surface area contributed by atoms with E-state index in [2.05, 4.69) is 69.5 Å². The molecule has 0 aliphatic rings. The number of rotatable bonds is 12. The average Bonchev–Trinajstić information content (AvgIpc) is 0.742. The van der Waals surface area contributed by atoms with Crippen LogP contribution in [-0.4, -0.2) is 40.9 Å². The van der Waals surface area contributed by atoms with E-state index < -0.39 is 30.7 Å². The second-order valence-corrected chi connectivity index (χ2v) is 29.9. The van der Waals surface area contributed by atoms with Gasteiger partial charge in [-0.2, -0.15) is 18.2 Å². The number of benzene rings is 15. The maximum atomic E-state index is 13.3. The van der Waals surface area contributed by atoms with Crippen molar-refractivity contribution in [3.05, 3.63) is 352 Å². The maximum absolute atomic E-state index is 13.3. The Morgan fingerprint density at radius 3 is 0.788 bits per heavy atom. The molecule has 0 amide bonds. The largest absolute Gasteiger partial charge is 1.00 e. The molecule has 540 valence electrons. The van der Waals surface area contributed by atoms with Crippen molar-refractivity contribution in [1.82, 2.24) is 15.0 Å². The summed E-state index contributed by atoms with van der Waals surface area (Å²) in [5, 5.41) is 64.1. The number of aromatic nitrogens is 3. The van der Waals surface area contributed by atoms with Gasteiger partial charge in [-0.25, -0.2) is 16.8 Å². The molecule has 13 nitrogen and oxygen atoms in total. The van der Waals surface area contributed by atoms with Crippen molar-refractivity contribution in [3.8, 4) is 118 Å². The van der Waals surface area contributed by atoms with E-state index in [1.165, 1.54) is 38.1 Å². The molecule has 3 heterocycles. The van der Waals surface area contributed by atoms with Gasteiger partial charge in [0.15, 0.2) is 0 Å². The van der Waals surface area contributed by atoms with E-state index in [9.17, 15) is 46.4 Å². The Labute approximate surface area is 768 Å². The molecule has 0 saturated heterocycles. The Morgan fingerprint density at radius 1 is 0.280 bits per heavy atom. The molecular weight excluding hydrogens is 1470 g/mol. The Hall–Kier alpha value is -9.33. The molecule has 3 aromatic heterocycles. The van der Waals surface area contributed by atoms with Crippen molar-refractivity contribution in [3.63, 3.8) is 0 Å². The van der Waals surface area contributed by atoms with E-state index in [-0.39, 0.29) is 160 Å². The second-order valence-electron chi connectivity index (χ2n) is 27.2. The molecule has 18 aromatic rings. The van der Waals surface area contributed by atoms with Crippen LogP contribution in [0.5, 0.6) is 17.2 Å². The van der Waals surface area contributed by atoms with Gasteiger partial charge in [0, 0.05) is 18.6 Å². The zero-order chi connectivity index (χ0) is 76.7. The normalized spacial score (nSPS) is 11.0. The topological polar surface area (TPSA) is 245 Å². The van der Waals surface area contributed by atoms with Crippen LogP contribution in [0.3, 0.4) is 0 Å². The number of pyridine rings is 3. The molecule has 0 spiro atoms.